The van der Waals surface area contributed by atoms with E-state index in [1.54, 1.807) is 4.68 Å². The molecule has 0 bridgehead atoms. The van der Waals surface area contributed by atoms with Crippen LogP contribution in [0.1, 0.15) is 30.0 Å². The van der Waals surface area contributed by atoms with Gasteiger partial charge in [0, 0.05) is 25.4 Å². The van der Waals surface area contributed by atoms with E-state index in [1.165, 1.54) is 10.8 Å². The molecule has 1 atom stereocenters. The van der Waals surface area contributed by atoms with Gasteiger partial charge in [0.1, 0.15) is 0 Å². The Labute approximate surface area is 141 Å². The molecule has 0 radical (unpaired) electrons. The number of carbonyl (C=O) groups excluding carboxylic acids is 1. The monoisotopic (exact) mass is 319 g/mol. The minimum absolute atomic E-state index is 0.168. The molecule has 1 aliphatic heterocycles. The highest BCUT2D eigenvalue weighted by molar-refractivity contribution is 5.90. The molecular formula is C20H21N3O. The van der Waals surface area contributed by atoms with Crippen LogP contribution in [-0.4, -0.2) is 27.1 Å². The van der Waals surface area contributed by atoms with Crippen LogP contribution in [0, 0.1) is 0 Å². The zero-order valence-corrected chi connectivity index (χ0v) is 13.9. The van der Waals surface area contributed by atoms with Crippen LogP contribution in [0.25, 0.3) is 10.8 Å². The first-order valence-corrected chi connectivity index (χ1v) is 8.47. The van der Waals surface area contributed by atoms with E-state index in [4.69, 9.17) is 0 Å². The van der Waals surface area contributed by atoms with Gasteiger partial charge in [-0.05, 0) is 29.2 Å². The Morgan fingerprint density at radius 1 is 1.21 bits per heavy atom. The smallest absolute Gasteiger partial charge is 0.227 e. The lowest BCUT2D eigenvalue weighted by Gasteiger charge is -2.24. The zero-order chi connectivity index (χ0) is 16.5. The lowest BCUT2D eigenvalue weighted by atomic mass is 10.0. The van der Waals surface area contributed by atoms with Gasteiger partial charge < -0.3 is 4.90 Å². The van der Waals surface area contributed by atoms with Crippen molar-refractivity contribution >= 4 is 16.7 Å². The second-order valence-corrected chi connectivity index (χ2v) is 6.51. The van der Waals surface area contributed by atoms with Crippen LogP contribution in [0.2, 0.25) is 0 Å². The third kappa shape index (κ3) is 2.68. The molecule has 0 N–H and O–H groups in total. The molecule has 24 heavy (non-hydrogen) atoms. The van der Waals surface area contributed by atoms with Crippen molar-refractivity contribution in [2.24, 2.45) is 7.05 Å². The van der Waals surface area contributed by atoms with Gasteiger partial charge in [-0.2, -0.15) is 5.10 Å². The highest BCUT2D eigenvalue weighted by Gasteiger charge is 2.30. The van der Waals surface area contributed by atoms with Gasteiger partial charge in [-0.15, -0.1) is 0 Å². The van der Waals surface area contributed by atoms with Crippen LogP contribution in [0.5, 0.6) is 0 Å². The van der Waals surface area contributed by atoms with Crippen molar-refractivity contribution in [3.8, 4) is 0 Å². The standard InChI is InChI=1S/C20H21N3O/c1-22-14-17(13-21-22)19-10-5-11-23(19)20(24)12-16-8-4-7-15-6-2-3-9-18(15)16/h2-4,6-9,13-14,19H,5,10-12H2,1H3/t19-/m1/s1. The molecular weight excluding hydrogens is 298 g/mol. The average molecular weight is 319 g/mol. The van der Waals surface area contributed by atoms with E-state index in [-0.39, 0.29) is 11.9 Å². The van der Waals surface area contributed by atoms with E-state index < -0.39 is 0 Å². The summed E-state index contributed by atoms with van der Waals surface area (Å²) in [6.45, 7) is 0.836. The van der Waals surface area contributed by atoms with Crippen molar-refractivity contribution in [3.05, 3.63) is 66.0 Å². The van der Waals surface area contributed by atoms with Crippen molar-refractivity contribution in [2.75, 3.05) is 6.54 Å². The number of amides is 1. The first-order valence-electron chi connectivity index (χ1n) is 8.47. The molecule has 4 heteroatoms. The first-order chi connectivity index (χ1) is 11.7. The average Bonchev–Trinajstić information content (AvgIpc) is 3.24. The lowest BCUT2D eigenvalue weighted by molar-refractivity contribution is -0.131. The number of aryl methyl sites for hydroxylation is 1. The second kappa shape index (κ2) is 6.11. The molecule has 0 aliphatic carbocycles. The maximum atomic E-state index is 12.9. The lowest BCUT2D eigenvalue weighted by Crippen LogP contribution is -2.31. The molecule has 1 fully saturated rings. The molecule has 1 aliphatic rings. The number of hydrogen-bond donors (Lipinski definition) is 0. The predicted octanol–water partition coefficient (Wildman–Crippen LogP) is 3.48. The SMILES string of the molecule is Cn1cc([C@H]2CCCN2C(=O)Cc2cccc3ccccc23)cn1. The number of likely N-dealkylation sites (tertiary alicyclic amines) is 1. The predicted molar refractivity (Wildman–Crippen MR) is 94.5 cm³/mol. The van der Waals surface area contributed by atoms with Gasteiger partial charge in [-0.1, -0.05) is 42.5 Å². The summed E-state index contributed by atoms with van der Waals surface area (Å²) in [5, 5.41) is 6.62. The number of benzene rings is 2. The number of aromatic nitrogens is 2. The third-order valence-corrected chi connectivity index (χ3v) is 4.90. The summed E-state index contributed by atoms with van der Waals surface area (Å²) in [4.78, 5) is 15.0. The highest BCUT2D eigenvalue weighted by Crippen LogP contribution is 2.32. The summed E-state index contributed by atoms with van der Waals surface area (Å²) in [7, 11) is 1.92. The van der Waals surface area contributed by atoms with Crippen LogP contribution in [-0.2, 0) is 18.3 Å². The molecule has 1 amide bonds. The van der Waals surface area contributed by atoms with E-state index >= 15 is 0 Å². The Bertz CT molecular complexity index is 878. The maximum absolute atomic E-state index is 12.9. The fourth-order valence-corrected chi connectivity index (χ4v) is 3.74. The van der Waals surface area contributed by atoms with Crippen molar-refractivity contribution in [3.63, 3.8) is 0 Å². The molecule has 0 spiro atoms. The number of hydrogen-bond acceptors (Lipinski definition) is 2. The van der Waals surface area contributed by atoms with Crippen LogP contribution < -0.4 is 0 Å². The number of carbonyl (C=O) groups is 1. The van der Waals surface area contributed by atoms with E-state index in [9.17, 15) is 4.79 Å². The van der Waals surface area contributed by atoms with Crippen molar-refractivity contribution in [1.29, 1.82) is 0 Å². The second-order valence-electron chi connectivity index (χ2n) is 6.51. The Morgan fingerprint density at radius 2 is 2.04 bits per heavy atom. The molecule has 2 aromatic carbocycles. The fraction of sp³-hybridized carbons (Fsp3) is 0.300. The molecule has 1 saturated heterocycles. The molecule has 1 aromatic heterocycles. The topological polar surface area (TPSA) is 38.1 Å². The quantitative estimate of drug-likeness (QED) is 0.741. The van der Waals surface area contributed by atoms with Crippen molar-refractivity contribution in [2.45, 2.75) is 25.3 Å². The van der Waals surface area contributed by atoms with Gasteiger partial charge in [0.2, 0.25) is 5.91 Å². The summed E-state index contributed by atoms with van der Waals surface area (Å²) in [6, 6.07) is 14.6. The van der Waals surface area contributed by atoms with E-state index in [2.05, 4.69) is 29.4 Å². The van der Waals surface area contributed by atoms with Crippen molar-refractivity contribution < 1.29 is 4.79 Å². The fourth-order valence-electron chi connectivity index (χ4n) is 3.74. The van der Waals surface area contributed by atoms with Gasteiger partial charge in [0.25, 0.3) is 0 Å². The zero-order valence-electron chi connectivity index (χ0n) is 13.9. The summed E-state index contributed by atoms with van der Waals surface area (Å²) >= 11 is 0. The Hall–Kier alpha value is -2.62. The largest absolute Gasteiger partial charge is 0.335 e. The summed E-state index contributed by atoms with van der Waals surface area (Å²) < 4.78 is 1.81. The van der Waals surface area contributed by atoms with Gasteiger partial charge in [-0.25, -0.2) is 0 Å². The molecule has 0 unspecified atom stereocenters. The first kappa shape index (κ1) is 14.9. The third-order valence-electron chi connectivity index (χ3n) is 4.90. The minimum atomic E-state index is 0.168. The normalized spacial score (nSPS) is 17.5. The number of rotatable bonds is 3. The van der Waals surface area contributed by atoms with E-state index in [1.807, 2.05) is 42.5 Å². The maximum Gasteiger partial charge on any atom is 0.227 e. The van der Waals surface area contributed by atoms with Gasteiger partial charge in [0.15, 0.2) is 0 Å². The van der Waals surface area contributed by atoms with Crippen LogP contribution in [0.15, 0.2) is 54.9 Å². The van der Waals surface area contributed by atoms with E-state index in [0.29, 0.717) is 6.42 Å². The Morgan fingerprint density at radius 3 is 2.88 bits per heavy atom. The summed E-state index contributed by atoms with van der Waals surface area (Å²) in [5.41, 5.74) is 2.25. The Kier molecular flexibility index (Phi) is 3.81. The summed E-state index contributed by atoms with van der Waals surface area (Å²) in [5.74, 6) is 0.206. The molecule has 3 aromatic rings. The van der Waals surface area contributed by atoms with Crippen LogP contribution in [0.4, 0.5) is 0 Å². The van der Waals surface area contributed by atoms with Gasteiger partial charge >= 0.3 is 0 Å². The minimum Gasteiger partial charge on any atom is -0.335 e. The van der Waals surface area contributed by atoms with E-state index in [0.717, 1.165) is 30.5 Å². The molecule has 122 valence electrons. The van der Waals surface area contributed by atoms with Crippen molar-refractivity contribution in [1.82, 2.24) is 14.7 Å². The molecule has 4 rings (SSSR count). The number of nitrogens with zero attached hydrogens (tertiary/aromatic N) is 3. The van der Waals surface area contributed by atoms with Crippen LogP contribution in [0.3, 0.4) is 0 Å². The van der Waals surface area contributed by atoms with Gasteiger partial charge in [0.05, 0.1) is 18.7 Å². The molecule has 2 heterocycles. The number of fused-ring (bicyclic) bond motifs is 1. The van der Waals surface area contributed by atoms with Gasteiger partial charge in [-0.3, -0.25) is 9.48 Å². The highest BCUT2D eigenvalue weighted by atomic mass is 16.2. The summed E-state index contributed by atoms with van der Waals surface area (Å²) in [6.07, 6.45) is 6.44. The Balaban J connectivity index is 1.59. The molecule has 4 nitrogen and oxygen atoms in total. The molecule has 0 saturated carbocycles. The van der Waals surface area contributed by atoms with Crippen LogP contribution >= 0.6 is 0 Å².